The average Bonchev–Trinajstić information content (AvgIpc) is 2.80. The summed E-state index contributed by atoms with van der Waals surface area (Å²) in [6.07, 6.45) is -1.73. The number of aliphatic hydroxyl groups is 4. The van der Waals surface area contributed by atoms with Gasteiger partial charge in [-0.1, -0.05) is 48.5 Å². The molecule has 1 aromatic rings. The number of phenolic OH excluding ortho intramolecular Hbond substituents is 1. The molecule has 0 bridgehead atoms. The van der Waals surface area contributed by atoms with Gasteiger partial charge in [-0.25, -0.2) is 0 Å². The Labute approximate surface area is 254 Å². The Bertz CT molecular complexity index is 1430. The molecule has 0 radical (unpaired) electrons. The van der Waals surface area contributed by atoms with Crippen LogP contribution in [0.15, 0.2) is 23.0 Å². The summed E-state index contributed by atoms with van der Waals surface area (Å²) in [4.78, 5) is 42.9. The van der Waals surface area contributed by atoms with Crippen molar-refractivity contribution in [3.63, 3.8) is 0 Å². The molecule has 4 rings (SSSR count). The van der Waals surface area contributed by atoms with Gasteiger partial charge >= 0.3 is 0 Å². The summed E-state index contributed by atoms with van der Waals surface area (Å²) in [5.41, 5.74) is -3.88. The van der Waals surface area contributed by atoms with Gasteiger partial charge in [0.15, 0.2) is 17.2 Å². The lowest BCUT2D eigenvalue weighted by molar-refractivity contribution is -0.169. The molecular formula is C31H40INO8. The average molecular weight is 682 g/mol. The normalized spacial score (nSPS) is 30.4. The van der Waals surface area contributed by atoms with Crippen LogP contribution < -0.4 is 0 Å². The molecule has 3 aliphatic rings. The molecule has 5 N–H and O–H groups in total. The third-order valence-electron chi connectivity index (χ3n) is 8.71. The maximum atomic E-state index is 14.3. The zero-order valence-corrected chi connectivity index (χ0v) is 27.1. The highest BCUT2D eigenvalue weighted by molar-refractivity contribution is 14.1. The summed E-state index contributed by atoms with van der Waals surface area (Å²) >= 11 is 2.10. The smallest absolute Gasteiger partial charge is 0.202 e. The molecule has 9 nitrogen and oxygen atoms in total. The molecule has 3 aliphatic carbocycles. The number of Topliss-reactive ketones (excluding diaryl/α,β-unsaturated/α-hetero) is 3. The van der Waals surface area contributed by atoms with Crippen LogP contribution in [0.5, 0.6) is 5.75 Å². The van der Waals surface area contributed by atoms with E-state index in [1.165, 1.54) is 19.0 Å². The van der Waals surface area contributed by atoms with Crippen LogP contribution in [-0.4, -0.2) is 79.6 Å². The summed E-state index contributed by atoms with van der Waals surface area (Å²) < 4.78 is 0.709. The Balaban J connectivity index is 2.06. The fourth-order valence-corrected chi connectivity index (χ4v) is 7.95. The molecule has 10 heteroatoms. The number of aromatic hydroxyl groups is 1. The van der Waals surface area contributed by atoms with Gasteiger partial charge in [0, 0.05) is 27.0 Å². The maximum absolute atomic E-state index is 14.3. The molecule has 0 amide bonds. The van der Waals surface area contributed by atoms with Gasteiger partial charge in [-0.3, -0.25) is 19.3 Å². The third kappa shape index (κ3) is 4.56. The Morgan fingerprint density at radius 1 is 1.07 bits per heavy atom. The largest absolute Gasteiger partial charge is 0.508 e. The number of aliphatic hydroxyl groups excluding tert-OH is 3. The van der Waals surface area contributed by atoms with Crippen molar-refractivity contribution >= 4 is 45.7 Å². The molecule has 0 aliphatic heterocycles. The zero-order valence-electron chi connectivity index (χ0n) is 25.0. The number of hydrogen-bond acceptors (Lipinski definition) is 9. The number of phenols is 1. The number of carbonyl (C=O) groups is 3. The number of ketones is 3. The van der Waals surface area contributed by atoms with E-state index in [-0.39, 0.29) is 23.3 Å². The Morgan fingerprint density at radius 3 is 2.12 bits per heavy atom. The van der Waals surface area contributed by atoms with Crippen LogP contribution in [0.25, 0.3) is 5.76 Å². The number of hydrogen-bond donors (Lipinski definition) is 5. The number of rotatable bonds is 3. The van der Waals surface area contributed by atoms with E-state index in [4.69, 9.17) is 0 Å². The zero-order chi connectivity index (χ0) is 31.3. The molecule has 6 atom stereocenters. The summed E-state index contributed by atoms with van der Waals surface area (Å²) in [6.45, 7) is 12.8. The maximum Gasteiger partial charge on any atom is 0.202 e. The number of fused-ring (bicyclic) bond motifs is 3. The van der Waals surface area contributed by atoms with Crippen LogP contribution >= 0.6 is 22.6 Å². The lowest BCUT2D eigenvalue weighted by atomic mass is 9.54. The van der Waals surface area contributed by atoms with Crippen LogP contribution in [0.4, 0.5) is 0 Å². The van der Waals surface area contributed by atoms with Crippen molar-refractivity contribution in [1.29, 1.82) is 0 Å². The van der Waals surface area contributed by atoms with Crippen LogP contribution in [0.1, 0.15) is 77.5 Å². The van der Waals surface area contributed by atoms with E-state index in [2.05, 4.69) is 22.6 Å². The highest BCUT2D eigenvalue weighted by Crippen LogP contribution is 2.57. The molecule has 41 heavy (non-hydrogen) atoms. The summed E-state index contributed by atoms with van der Waals surface area (Å²) in [7, 11) is 3.07. The molecule has 0 spiro atoms. The molecule has 0 heterocycles. The predicted octanol–water partition coefficient (Wildman–Crippen LogP) is 3.92. The summed E-state index contributed by atoms with van der Waals surface area (Å²) in [5, 5.41) is 58.4. The molecule has 1 aromatic carbocycles. The van der Waals surface area contributed by atoms with Crippen molar-refractivity contribution in [2.75, 3.05) is 14.1 Å². The molecule has 0 aromatic heterocycles. The van der Waals surface area contributed by atoms with Crippen LogP contribution in [0.2, 0.25) is 0 Å². The van der Waals surface area contributed by atoms with E-state index in [1.807, 2.05) is 26.8 Å². The van der Waals surface area contributed by atoms with Gasteiger partial charge in [0.2, 0.25) is 5.78 Å². The van der Waals surface area contributed by atoms with Crippen LogP contribution in [-0.2, 0) is 19.8 Å². The number of halogens is 1. The van der Waals surface area contributed by atoms with Gasteiger partial charge in [-0.2, -0.15) is 0 Å². The molecule has 0 unspecified atom stereocenters. The minimum atomic E-state index is -2.87. The number of likely N-dealkylation sites (N-methyl/N-ethyl adjacent to an activating group) is 1. The van der Waals surface area contributed by atoms with Gasteiger partial charge in [0.05, 0.1) is 23.6 Å². The molecule has 1 fully saturated rings. The highest BCUT2D eigenvalue weighted by atomic mass is 127. The van der Waals surface area contributed by atoms with E-state index in [0.29, 0.717) is 14.7 Å². The van der Waals surface area contributed by atoms with Crippen molar-refractivity contribution in [3.05, 3.63) is 43.2 Å². The third-order valence-corrected chi connectivity index (χ3v) is 9.60. The first kappa shape index (κ1) is 31.7. The Hall–Kier alpha value is -2.28. The van der Waals surface area contributed by atoms with Crippen molar-refractivity contribution in [3.8, 4) is 5.75 Å². The number of carbonyl (C=O) groups excluding carboxylic acids is 3. The first-order valence-corrected chi connectivity index (χ1v) is 14.8. The fraction of sp³-hybridized carbons (Fsp3) is 0.581. The van der Waals surface area contributed by atoms with Gasteiger partial charge in [-0.05, 0) is 65.1 Å². The van der Waals surface area contributed by atoms with Gasteiger partial charge in [0.1, 0.15) is 22.8 Å². The van der Waals surface area contributed by atoms with Gasteiger partial charge in [0.25, 0.3) is 0 Å². The molecule has 1 saturated carbocycles. The van der Waals surface area contributed by atoms with Crippen molar-refractivity contribution in [2.45, 2.75) is 84.0 Å². The van der Waals surface area contributed by atoms with Crippen molar-refractivity contribution < 1.29 is 39.9 Å². The second-order valence-corrected chi connectivity index (χ2v) is 15.3. The Kier molecular flexibility index (Phi) is 7.63. The van der Waals surface area contributed by atoms with Crippen molar-refractivity contribution in [2.24, 2.45) is 17.3 Å². The molecule has 0 saturated heterocycles. The van der Waals surface area contributed by atoms with E-state index in [0.717, 1.165) is 0 Å². The van der Waals surface area contributed by atoms with E-state index in [1.54, 1.807) is 27.7 Å². The Morgan fingerprint density at radius 2 is 1.63 bits per heavy atom. The monoisotopic (exact) mass is 681 g/mol. The van der Waals surface area contributed by atoms with E-state index < -0.39 is 80.8 Å². The number of nitrogens with zero attached hydrogens (tertiary/aromatic N) is 1. The summed E-state index contributed by atoms with van der Waals surface area (Å²) in [5.74, 6) is -7.78. The lowest BCUT2D eigenvalue weighted by Crippen LogP contribution is -2.70. The SMILES string of the molecule is C[C@H]1c2c(I)cc(C(C)(C)C)c(O)c2C(O)=C2C(=O)[C@]3(O)C(O)=C(C(=O)CC(C)(C)C)C(=O)[C@@H](N(C)C)[C@@H]3[C@@H](O)[C@@H]21. The first-order valence-electron chi connectivity index (χ1n) is 13.7. The molecule has 224 valence electrons. The lowest BCUT2D eigenvalue weighted by Gasteiger charge is -2.54. The quantitative estimate of drug-likeness (QED) is 0.236. The highest BCUT2D eigenvalue weighted by Gasteiger charge is 2.68. The second kappa shape index (κ2) is 9.89. The van der Waals surface area contributed by atoms with Crippen molar-refractivity contribution in [1.82, 2.24) is 4.90 Å². The number of benzene rings is 1. The van der Waals surface area contributed by atoms with Gasteiger partial charge in [-0.15, -0.1) is 0 Å². The minimum absolute atomic E-state index is 0.0340. The standard InChI is InChI=1S/C31H40INO8/c1-12-16-14(32)10-13(30(5,6)7)23(35)19(16)24(36)20-17(12)25(37)21-22(33(8)9)26(38)18(15(34)11-29(2,3)4)27(39)31(21,41)28(20)40/h10,12,17,21-22,25,35-37,39,41H,11H2,1-9H3/t12-,17+,21+,22-,25-,31+/m0/s1. The van der Waals surface area contributed by atoms with Crippen LogP contribution in [0, 0.1) is 20.8 Å². The van der Waals surface area contributed by atoms with Crippen LogP contribution in [0.3, 0.4) is 0 Å². The molecular weight excluding hydrogens is 641 g/mol. The topological polar surface area (TPSA) is 156 Å². The second-order valence-electron chi connectivity index (χ2n) is 14.1. The summed E-state index contributed by atoms with van der Waals surface area (Å²) in [6, 6.07) is 0.493. The van der Waals surface area contributed by atoms with E-state index >= 15 is 0 Å². The van der Waals surface area contributed by atoms with Gasteiger partial charge < -0.3 is 25.5 Å². The first-order chi connectivity index (χ1) is 18.6. The van der Waals surface area contributed by atoms with E-state index in [9.17, 15) is 39.9 Å². The predicted molar refractivity (Wildman–Crippen MR) is 162 cm³/mol. The minimum Gasteiger partial charge on any atom is -0.508 e. The fourth-order valence-electron chi connectivity index (χ4n) is 6.88.